The van der Waals surface area contributed by atoms with Gasteiger partial charge in [-0.15, -0.1) is 0 Å². The van der Waals surface area contributed by atoms with Gasteiger partial charge in [0.2, 0.25) is 0 Å². The molecule has 0 radical (unpaired) electrons. The lowest BCUT2D eigenvalue weighted by Crippen LogP contribution is -2.22. The first kappa shape index (κ1) is 19.0. The summed E-state index contributed by atoms with van der Waals surface area (Å²) in [6.07, 6.45) is 0. The van der Waals surface area contributed by atoms with E-state index in [1.807, 2.05) is 65.6 Å². The van der Waals surface area contributed by atoms with Crippen molar-refractivity contribution in [2.45, 2.75) is 6.54 Å². The highest BCUT2D eigenvalue weighted by Gasteiger charge is 2.29. The average molecular weight is 410 g/mol. The Balaban J connectivity index is 1.90. The van der Waals surface area contributed by atoms with Crippen LogP contribution in [-0.2, 0) is 6.54 Å². The Morgan fingerprint density at radius 3 is 2.30 bits per heavy atom. The second-order valence-corrected chi connectivity index (χ2v) is 6.69. The molecular weight excluding hydrogens is 398 g/mol. The molecule has 0 saturated carbocycles. The number of allylic oxidation sites excluding steroid dienone is 1. The maximum atomic E-state index is 9.97. The average Bonchev–Trinajstić information content (AvgIpc) is 3.14. The number of anilines is 2. The van der Waals surface area contributed by atoms with E-state index >= 15 is 0 Å². The molecular formula is C22H12ClN7. The molecule has 0 unspecified atom stereocenters. The number of hydrogen-bond acceptors (Lipinski definition) is 7. The van der Waals surface area contributed by atoms with Crippen molar-refractivity contribution in [2.24, 2.45) is 0 Å². The second kappa shape index (κ2) is 7.93. The van der Waals surface area contributed by atoms with Crippen molar-refractivity contribution in [3.8, 4) is 18.2 Å². The molecule has 0 atom stereocenters. The van der Waals surface area contributed by atoms with E-state index in [-0.39, 0.29) is 27.8 Å². The fourth-order valence-corrected chi connectivity index (χ4v) is 3.43. The van der Waals surface area contributed by atoms with Gasteiger partial charge in [0.1, 0.15) is 35.3 Å². The van der Waals surface area contributed by atoms with Crippen LogP contribution in [0.5, 0.6) is 0 Å². The molecule has 2 heterocycles. The quantitative estimate of drug-likeness (QED) is 0.645. The van der Waals surface area contributed by atoms with Crippen LogP contribution in [-0.4, -0.2) is 9.97 Å². The molecule has 0 bridgehead atoms. The first-order chi connectivity index (χ1) is 14.7. The van der Waals surface area contributed by atoms with Crippen molar-refractivity contribution < 1.29 is 0 Å². The molecule has 2 aromatic carbocycles. The van der Waals surface area contributed by atoms with E-state index in [9.17, 15) is 10.5 Å². The van der Waals surface area contributed by atoms with E-state index in [1.54, 1.807) is 6.07 Å². The Kier molecular flexibility index (Phi) is 5.01. The molecule has 0 spiro atoms. The maximum Gasteiger partial charge on any atom is 0.178 e. The summed E-state index contributed by atoms with van der Waals surface area (Å²) < 4.78 is 0. The van der Waals surface area contributed by atoms with Crippen molar-refractivity contribution in [1.82, 2.24) is 9.97 Å². The number of hydrogen-bond donors (Lipinski definition) is 1. The summed E-state index contributed by atoms with van der Waals surface area (Å²) in [4.78, 5) is 10.1. The standard InChI is InChI=1S/C22H12ClN7/c23-21-20(27-17(11-25)18(12-26)28-21)15(10-24)22-29-16-8-4-5-9-19(16)30(22)13-14-6-2-1-3-7-14/h1-9,29H,13H2. The number of halogens is 1. The van der Waals surface area contributed by atoms with E-state index < -0.39 is 0 Å². The maximum absolute atomic E-state index is 9.97. The van der Waals surface area contributed by atoms with Gasteiger partial charge in [-0.1, -0.05) is 54.1 Å². The Hall–Kier alpha value is -4.38. The van der Waals surface area contributed by atoms with E-state index in [2.05, 4.69) is 21.4 Å². The van der Waals surface area contributed by atoms with Crippen LogP contribution in [0, 0.1) is 34.0 Å². The van der Waals surface area contributed by atoms with E-state index in [4.69, 9.17) is 16.9 Å². The molecule has 142 valence electrons. The second-order valence-electron chi connectivity index (χ2n) is 6.33. The monoisotopic (exact) mass is 409 g/mol. The number of fused-ring (bicyclic) bond motifs is 1. The minimum absolute atomic E-state index is 0.0445. The van der Waals surface area contributed by atoms with Gasteiger partial charge in [0.15, 0.2) is 16.5 Å². The van der Waals surface area contributed by atoms with Crippen LogP contribution in [0.4, 0.5) is 11.4 Å². The van der Waals surface area contributed by atoms with Gasteiger partial charge in [-0.3, -0.25) is 0 Å². The summed E-state index contributed by atoms with van der Waals surface area (Å²) in [5.74, 6) is 0.479. The molecule has 8 heteroatoms. The molecule has 1 aliphatic heterocycles. The third kappa shape index (κ3) is 3.29. The number of para-hydroxylation sites is 2. The van der Waals surface area contributed by atoms with Crippen LogP contribution >= 0.6 is 11.6 Å². The van der Waals surface area contributed by atoms with E-state index in [0.29, 0.717) is 12.4 Å². The van der Waals surface area contributed by atoms with Gasteiger partial charge in [0.05, 0.1) is 11.4 Å². The van der Waals surface area contributed by atoms with Gasteiger partial charge in [0.25, 0.3) is 0 Å². The molecule has 0 fully saturated rings. The molecule has 4 rings (SSSR count). The van der Waals surface area contributed by atoms with E-state index in [0.717, 1.165) is 16.9 Å². The van der Waals surface area contributed by atoms with Gasteiger partial charge in [0, 0.05) is 6.54 Å². The zero-order chi connectivity index (χ0) is 21.1. The first-order valence-corrected chi connectivity index (χ1v) is 9.24. The van der Waals surface area contributed by atoms with Crippen molar-refractivity contribution in [3.05, 3.63) is 88.2 Å². The molecule has 0 saturated heterocycles. The van der Waals surface area contributed by atoms with Crippen molar-refractivity contribution >= 4 is 28.5 Å². The normalized spacial score (nSPS) is 13.5. The van der Waals surface area contributed by atoms with Crippen molar-refractivity contribution in [1.29, 1.82) is 15.8 Å². The molecule has 1 aliphatic rings. The number of benzene rings is 2. The van der Waals surface area contributed by atoms with Crippen LogP contribution in [0.25, 0.3) is 5.57 Å². The van der Waals surface area contributed by atoms with E-state index in [1.165, 1.54) is 0 Å². The number of nitriles is 3. The number of rotatable bonds is 3. The van der Waals surface area contributed by atoms with Crippen LogP contribution in [0.3, 0.4) is 0 Å². The number of aromatic nitrogens is 2. The van der Waals surface area contributed by atoms with Gasteiger partial charge in [-0.25, -0.2) is 9.97 Å². The predicted octanol–water partition coefficient (Wildman–Crippen LogP) is 4.20. The lowest BCUT2D eigenvalue weighted by Gasteiger charge is -2.21. The van der Waals surface area contributed by atoms with Crippen LogP contribution < -0.4 is 10.2 Å². The summed E-state index contributed by atoms with van der Waals surface area (Å²) in [6.45, 7) is 0.498. The predicted molar refractivity (Wildman–Crippen MR) is 112 cm³/mol. The van der Waals surface area contributed by atoms with Gasteiger partial charge < -0.3 is 10.2 Å². The first-order valence-electron chi connectivity index (χ1n) is 8.86. The molecule has 1 aromatic heterocycles. The van der Waals surface area contributed by atoms with Gasteiger partial charge >= 0.3 is 0 Å². The highest BCUT2D eigenvalue weighted by molar-refractivity contribution is 6.31. The fourth-order valence-electron chi connectivity index (χ4n) is 3.21. The largest absolute Gasteiger partial charge is 0.339 e. The topological polar surface area (TPSA) is 112 Å². The minimum Gasteiger partial charge on any atom is -0.339 e. The summed E-state index contributed by atoms with van der Waals surface area (Å²) in [6, 6.07) is 23.2. The lowest BCUT2D eigenvalue weighted by molar-refractivity contribution is 0.945. The zero-order valence-corrected chi connectivity index (χ0v) is 16.2. The third-order valence-corrected chi connectivity index (χ3v) is 4.82. The Morgan fingerprint density at radius 1 is 0.933 bits per heavy atom. The van der Waals surface area contributed by atoms with Crippen LogP contribution in [0.2, 0.25) is 5.15 Å². The zero-order valence-electron chi connectivity index (χ0n) is 15.5. The third-order valence-electron chi connectivity index (χ3n) is 4.55. The minimum atomic E-state index is -0.185. The molecule has 0 amide bonds. The SMILES string of the molecule is N#CC(=C1Nc2ccccc2N1Cc1ccccc1)c1nc(C#N)c(C#N)nc1Cl. The summed E-state index contributed by atoms with van der Waals surface area (Å²) in [7, 11) is 0. The highest BCUT2D eigenvalue weighted by Crippen LogP contribution is 2.40. The molecule has 1 N–H and O–H groups in total. The summed E-state index contributed by atoms with van der Waals surface area (Å²) in [5, 5.41) is 31.5. The van der Waals surface area contributed by atoms with Gasteiger partial charge in [-0.05, 0) is 17.7 Å². The lowest BCUT2D eigenvalue weighted by atomic mass is 10.1. The van der Waals surface area contributed by atoms with Gasteiger partial charge in [-0.2, -0.15) is 15.8 Å². The molecule has 0 aliphatic carbocycles. The van der Waals surface area contributed by atoms with Crippen LogP contribution in [0.1, 0.15) is 22.6 Å². The Labute approximate surface area is 177 Å². The van der Waals surface area contributed by atoms with Crippen molar-refractivity contribution in [3.63, 3.8) is 0 Å². The highest BCUT2D eigenvalue weighted by atomic mass is 35.5. The number of nitrogens with one attached hydrogen (secondary N) is 1. The fraction of sp³-hybridized carbons (Fsp3) is 0.0455. The summed E-state index contributed by atoms with van der Waals surface area (Å²) in [5.41, 5.74) is 2.56. The Bertz CT molecular complexity index is 1290. The molecule has 30 heavy (non-hydrogen) atoms. The molecule has 7 nitrogen and oxygen atoms in total. The molecule has 3 aromatic rings. The summed E-state index contributed by atoms with van der Waals surface area (Å²) >= 11 is 6.24. The number of nitrogens with zero attached hydrogens (tertiary/aromatic N) is 6. The smallest absolute Gasteiger partial charge is 0.178 e. The van der Waals surface area contributed by atoms with Crippen molar-refractivity contribution in [2.75, 3.05) is 10.2 Å². The Morgan fingerprint density at radius 2 is 1.60 bits per heavy atom. The van der Waals surface area contributed by atoms with Crippen LogP contribution in [0.15, 0.2) is 60.4 Å².